The molecule has 2 nitrogen and oxygen atoms in total. The van der Waals surface area contributed by atoms with Crippen molar-refractivity contribution in [2.75, 3.05) is 5.75 Å². The van der Waals surface area contributed by atoms with E-state index in [0.717, 1.165) is 33.7 Å². The summed E-state index contributed by atoms with van der Waals surface area (Å²) in [5.74, 6) is 2.63. The summed E-state index contributed by atoms with van der Waals surface area (Å²) in [5, 5.41) is 1.04. The molecule has 1 heterocycles. The van der Waals surface area contributed by atoms with Gasteiger partial charge in [0.05, 0.1) is 5.52 Å². The Kier molecular flexibility index (Phi) is 15.7. The van der Waals surface area contributed by atoms with Crippen LogP contribution in [0.4, 0.5) is 0 Å². The summed E-state index contributed by atoms with van der Waals surface area (Å²) < 4.78 is 6.15. The molecule has 3 aromatic rings. The number of ether oxygens (including phenoxy) is 1. The fraction of sp³-hybridized carbons (Fsp3) is 0.367. The summed E-state index contributed by atoms with van der Waals surface area (Å²) in [6, 6.07) is 14.4. The fourth-order valence-corrected chi connectivity index (χ4v) is 3.67. The van der Waals surface area contributed by atoms with Gasteiger partial charge in [0.2, 0.25) is 0 Å². The molecule has 3 heteroatoms. The van der Waals surface area contributed by atoms with E-state index in [0.29, 0.717) is 0 Å². The molecule has 33 heavy (non-hydrogen) atoms. The number of allylic oxidation sites excluding steroid dienone is 2. The van der Waals surface area contributed by atoms with E-state index in [9.17, 15) is 0 Å². The predicted molar refractivity (Wildman–Crippen MR) is 151 cm³/mol. The minimum atomic E-state index is 0.833. The number of fused-ring (bicyclic) bond motifs is 1. The molecule has 0 aliphatic carbocycles. The number of pyridine rings is 1. The summed E-state index contributed by atoms with van der Waals surface area (Å²) in [4.78, 5) is 5.69. The van der Waals surface area contributed by atoms with Crippen molar-refractivity contribution < 1.29 is 4.74 Å². The molecule has 0 radical (unpaired) electrons. The lowest BCUT2D eigenvalue weighted by molar-refractivity contribution is 0.487. The Morgan fingerprint density at radius 3 is 2.06 bits per heavy atom. The third-order valence-corrected chi connectivity index (χ3v) is 5.53. The van der Waals surface area contributed by atoms with Gasteiger partial charge in [-0.25, -0.2) is 0 Å². The van der Waals surface area contributed by atoms with Crippen LogP contribution in [0.15, 0.2) is 77.4 Å². The molecule has 0 amide bonds. The Morgan fingerprint density at radius 1 is 0.909 bits per heavy atom. The molecule has 3 rings (SSSR count). The second-order valence-corrected chi connectivity index (χ2v) is 8.01. The fourth-order valence-electron chi connectivity index (χ4n) is 2.86. The van der Waals surface area contributed by atoms with Crippen LogP contribution in [0.3, 0.4) is 0 Å². The summed E-state index contributed by atoms with van der Waals surface area (Å²) in [6.45, 7) is 24.3. The lowest BCUT2D eigenvalue weighted by Crippen LogP contribution is -1.90. The number of rotatable bonds is 6. The Balaban J connectivity index is 0.00000158. The second kappa shape index (κ2) is 17.0. The van der Waals surface area contributed by atoms with Crippen molar-refractivity contribution >= 4 is 22.7 Å². The Morgan fingerprint density at radius 2 is 1.48 bits per heavy atom. The van der Waals surface area contributed by atoms with E-state index in [1.807, 2.05) is 78.4 Å². The van der Waals surface area contributed by atoms with Crippen molar-refractivity contribution in [2.45, 2.75) is 74.1 Å². The summed E-state index contributed by atoms with van der Waals surface area (Å²) in [6.07, 6.45) is 3.93. The van der Waals surface area contributed by atoms with Crippen molar-refractivity contribution in [1.29, 1.82) is 0 Å². The zero-order valence-corrected chi connectivity index (χ0v) is 23.2. The monoisotopic (exact) mass is 465 g/mol. The van der Waals surface area contributed by atoms with Crippen molar-refractivity contribution in [2.24, 2.45) is 0 Å². The zero-order chi connectivity index (χ0) is 25.4. The van der Waals surface area contributed by atoms with Crippen LogP contribution in [0.5, 0.6) is 11.5 Å². The first-order chi connectivity index (χ1) is 15.9. The minimum absolute atomic E-state index is 0.833. The van der Waals surface area contributed by atoms with Gasteiger partial charge in [0, 0.05) is 22.2 Å². The number of hydrogen-bond donors (Lipinski definition) is 0. The third-order valence-electron chi connectivity index (χ3n) is 4.33. The first-order valence-corrected chi connectivity index (χ1v) is 13.0. The van der Waals surface area contributed by atoms with E-state index in [2.05, 4.69) is 62.7 Å². The topological polar surface area (TPSA) is 22.1 Å². The molecular weight excluding hydrogens is 422 g/mol. The smallest absolute Gasteiger partial charge is 0.138 e. The maximum Gasteiger partial charge on any atom is 0.138 e. The minimum Gasteiger partial charge on any atom is -0.457 e. The Hall–Kier alpha value is -2.52. The number of aromatic nitrogens is 1. The van der Waals surface area contributed by atoms with Crippen molar-refractivity contribution in [3.63, 3.8) is 0 Å². The van der Waals surface area contributed by atoms with Crippen molar-refractivity contribution in [1.82, 2.24) is 4.98 Å². The van der Waals surface area contributed by atoms with Gasteiger partial charge in [0.15, 0.2) is 0 Å². The van der Waals surface area contributed by atoms with Crippen LogP contribution in [0.1, 0.15) is 66.5 Å². The molecule has 0 N–H and O–H groups in total. The molecule has 0 bridgehead atoms. The molecule has 1 aromatic heterocycles. The normalized spacial score (nSPS) is 10.1. The summed E-state index contributed by atoms with van der Waals surface area (Å²) in [5.41, 5.74) is 5.85. The molecule has 0 saturated carbocycles. The van der Waals surface area contributed by atoms with Crippen LogP contribution in [-0.4, -0.2) is 10.7 Å². The average molecular weight is 466 g/mol. The van der Waals surface area contributed by atoms with Gasteiger partial charge in [-0.05, 0) is 81.3 Å². The van der Waals surface area contributed by atoms with E-state index < -0.39 is 0 Å². The quantitative estimate of drug-likeness (QED) is 0.267. The van der Waals surface area contributed by atoms with E-state index in [4.69, 9.17) is 4.74 Å². The lowest BCUT2D eigenvalue weighted by atomic mass is 10.1. The van der Waals surface area contributed by atoms with Crippen LogP contribution in [0, 0.1) is 13.8 Å². The van der Waals surface area contributed by atoms with E-state index in [-0.39, 0.29) is 0 Å². The number of thioether (sulfide) groups is 1. The maximum atomic E-state index is 6.15. The van der Waals surface area contributed by atoms with Crippen LogP contribution >= 0.6 is 11.8 Å². The highest BCUT2D eigenvalue weighted by Gasteiger charge is 2.07. The third kappa shape index (κ3) is 10.3. The molecule has 0 aliphatic heterocycles. The molecule has 0 fully saturated rings. The van der Waals surface area contributed by atoms with Crippen LogP contribution in [-0.2, 0) is 0 Å². The summed E-state index contributed by atoms with van der Waals surface area (Å²) in [7, 11) is 0. The van der Waals surface area contributed by atoms with Gasteiger partial charge in [-0.1, -0.05) is 65.3 Å². The SMILES string of the molecule is C=C(C)/C=C(\C)CSc1ccc(Oc2ccnc3cc(C)c(C)cc23)cc1.CC.CC.CC. The van der Waals surface area contributed by atoms with E-state index >= 15 is 0 Å². The van der Waals surface area contributed by atoms with Gasteiger partial charge in [-0.15, -0.1) is 11.8 Å². The highest BCUT2D eigenvalue weighted by atomic mass is 32.2. The number of benzene rings is 2. The molecule has 180 valence electrons. The van der Waals surface area contributed by atoms with Crippen molar-refractivity contribution in [3.8, 4) is 11.5 Å². The van der Waals surface area contributed by atoms with E-state index in [1.165, 1.54) is 21.6 Å². The lowest BCUT2D eigenvalue weighted by Gasteiger charge is -2.11. The average Bonchev–Trinajstić information content (AvgIpc) is 2.83. The first kappa shape index (κ1) is 30.5. The predicted octanol–water partition coefficient (Wildman–Crippen LogP) is 10.3. The maximum absolute atomic E-state index is 6.15. The number of hydrogen-bond acceptors (Lipinski definition) is 3. The molecule has 0 spiro atoms. The van der Waals surface area contributed by atoms with Gasteiger partial charge in [-0.3, -0.25) is 4.98 Å². The van der Waals surface area contributed by atoms with Crippen LogP contribution in [0.25, 0.3) is 10.9 Å². The highest BCUT2D eigenvalue weighted by Crippen LogP contribution is 2.31. The standard InChI is InChI=1S/C24H25NOS.3C2H6/c1-16(2)12-17(3)15-27-21-8-6-20(7-9-21)26-24-10-11-25-23-14-19(5)18(4)13-22(23)24;3*1-2/h6-14H,1,15H2,2-5H3;3*1-2H3/b17-12+;;;. The molecule has 0 saturated heterocycles. The van der Waals surface area contributed by atoms with Gasteiger partial charge in [-0.2, -0.15) is 0 Å². The van der Waals surface area contributed by atoms with Crippen molar-refractivity contribution in [3.05, 3.63) is 83.6 Å². The highest BCUT2D eigenvalue weighted by molar-refractivity contribution is 7.99. The van der Waals surface area contributed by atoms with E-state index in [1.54, 1.807) is 6.20 Å². The van der Waals surface area contributed by atoms with Crippen LogP contribution < -0.4 is 4.74 Å². The molecular formula is C30H43NOS. The Bertz CT molecular complexity index is 1000. The zero-order valence-electron chi connectivity index (χ0n) is 22.4. The molecule has 2 aromatic carbocycles. The van der Waals surface area contributed by atoms with Crippen LogP contribution in [0.2, 0.25) is 0 Å². The number of aryl methyl sites for hydroxylation is 2. The second-order valence-electron chi connectivity index (χ2n) is 6.96. The van der Waals surface area contributed by atoms with Gasteiger partial charge in [0.1, 0.15) is 11.5 Å². The largest absolute Gasteiger partial charge is 0.457 e. The first-order valence-electron chi connectivity index (χ1n) is 12.0. The van der Waals surface area contributed by atoms with Gasteiger partial charge >= 0.3 is 0 Å². The molecule has 0 aliphatic rings. The number of nitrogens with zero attached hydrogens (tertiary/aromatic N) is 1. The van der Waals surface area contributed by atoms with Gasteiger partial charge in [0.25, 0.3) is 0 Å². The van der Waals surface area contributed by atoms with Gasteiger partial charge < -0.3 is 4.74 Å². The molecule has 0 atom stereocenters. The Labute approximate surface area is 207 Å². The molecule has 0 unspecified atom stereocenters. The summed E-state index contributed by atoms with van der Waals surface area (Å²) >= 11 is 1.82.